The number of alkyl halides is 1. The molecule has 2 heteroatoms. The van der Waals surface area contributed by atoms with Crippen LogP contribution in [0.15, 0.2) is 0 Å². The third-order valence-electron chi connectivity index (χ3n) is 2.22. The van der Waals surface area contributed by atoms with Crippen LogP contribution in [-0.4, -0.2) is 18.1 Å². The first-order valence-electron chi connectivity index (χ1n) is 4.60. The van der Waals surface area contributed by atoms with Gasteiger partial charge in [0.05, 0.1) is 11.5 Å². The third-order valence-corrected chi connectivity index (χ3v) is 2.72. The molecule has 11 heavy (non-hydrogen) atoms. The van der Waals surface area contributed by atoms with Crippen molar-refractivity contribution in [3.05, 3.63) is 0 Å². The molecule has 1 heterocycles. The second-order valence-electron chi connectivity index (χ2n) is 3.21. The molecule has 0 aromatic rings. The van der Waals surface area contributed by atoms with Crippen molar-refractivity contribution in [2.24, 2.45) is 0 Å². The standard InChI is InChI=1S/C9H17ClO/c1-2-3-4-5-9-8(10)6-7-11-9/h8-9H,2-7H2,1H3. The van der Waals surface area contributed by atoms with E-state index >= 15 is 0 Å². The maximum absolute atomic E-state index is 6.03. The Bertz CT molecular complexity index is 106. The van der Waals surface area contributed by atoms with Crippen molar-refractivity contribution in [3.8, 4) is 0 Å². The van der Waals surface area contributed by atoms with Gasteiger partial charge in [0, 0.05) is 6.61 Å². The molecule has 0 N–H and O–H groups in total. The topological polar surface area (TPSA) is 9.23 Å². The van der Waals surface area contributed by atoms with E-state index in [9.17, 15) is 0 Å². The Morgan fingerprint density at radius 1 is 1.45 bits per heavy atom. The predicted octanol–water partition coefficient (Wildman–Crippen LogP) is 2.96. The van der Waals surface area contributed by atoms with Gasteiger partial charge < -0.3 is 4.74 Å². The lowest BCUT2D eigenvalue weighted by atomic mass is 10.1. The highest BCUT2D eigenvalue weighted by Crippen LogP contribution is 2.23. The van der Waals surface area contributed by atoms with Gasteiger partial charge in [-0.2, -0.15) is 0 Å². The van der Waals surface area contributed by atoms with Crippen LogP contribution in [0.5, 0.6) is 0 Å². The fourth-order valence-electron chi connectivity index (χ4n) is 1.48. The molecular formula is C9H17ClO. The molecule has 1 nitrogen and oxygen atoms in total. The van der Waals surface area contributed by atoms with Gasteiger partial charge in [-0.05, 0) is 12.8 Å². The van der Waals surface area contributed by atoms with Gasteiger partial charge in [0.2, 0.25) is 0 Å². The van der Waals surface area contributed by atoms with Crippen molar-refractivity contribution >= 4 is 11.6 Å². The van der Waals surface area contributed by atoms with Crippen molar-refractivity contribution in [2.45, 2.75) is 50.5 Å². The van der Waals surface area contributed by atoms with Crippen LogP contribution in [0.4, 0.5) is 0 Å². The normalized spacial score (nSPS) is 31.1. The van der Waals surface area contributed by atoms with Gasteiger partial charge in [0.1, 0.15) is 0 Å². The highest BCUT2D eigenvalue weighted by Gasteiger charge is 2.25. The summed E-state index contributed by atoms with van der Waals surface area (Å²) in [6.07, 6.45) is 6.40. The largest absolute Gasteiger partial charge is 0.377 e. The summed E-state index contributed by atoms with van der Waals surface area (Å²) in [7, 11) is 0. The molecular weight excluding hydrogens is 160 g/mol. The lowest BCUT2D eigenvalue weighted by Gasteiger charge is -2.11. The molecule has 1 fully saturated rings. The quantitative estimate of drug-likeness (QED) is 0.473. The van der Waals surface area contributed by atoms with Gasteiger partial charge in [-0.3, -0.25) is 0 Å². The van der Waals surface area contributed by atoms with Crippen LogP contribution in [0.2, 0.25) is 0 Å². The third kappa shape index (κ3) is 3.00. The first-order chi connectivity index (χ1) is 5.34. The van der Waals surface area contributed by atoms with Gasteiger partial charge in [-0.1, -0.05) is 26.2 Å². The highest BCUT2D eigenvalue weighted by molar-refractivity contribution is 6.21. The summed E-state index contributed by atoms with van der Waals surface area (Å²) in [5, 5.41) is 0.284. The predicted molar refractivity (Wildman–Crippen MR) is 48.1 cm³/mol. The summed E-state index contributed by atoms with van der Waals surface area (Å²) in [6.45, 7) is 3.08. The second-order valence-corrected chi connectivity index (χ2v) is 3.77. The van der Waals surface area contributed by atoms with E-state index < -0.39 is 0 Å². The number of rotatable bonds is 4. The molecule has 1 aliphatic rings. The smallest absolute Gasteiger partial charge is 0.0739 e. The Morgan fingerprint density at radius 3 is 2.82 bits per heavy atom. The summed E-state index contributed by atoms with van der Waals surface area (Å²) >= 11 is 6.03. The molecule has 0 radical (unpaired) electrons. The Balaban J connectivity index is 2.05. The van der Waals surface area contributed by atoms with E-state index in [-0.39, 0.29) is 5.38 Å². The minimum absolute atomic E-state index is 0.284. The van der Waals surface area contributed by atoms with E-state index in [1.54, 1.807) is 0 Å². The van der Waals surface area contributed by atoms with Crippen LogP contribution in [0.25, 0.3) is 0 Å². The van der Waals surface area contributed by atoms with Crippen molar-refractivity contribution in [1.29, 1.82) is 0 Å². The summed E-state index contributed by atoms with van der Waals surface area (Å²) in [5.41, 5.74) is 0. The van der Waals surface area contributed by atoms with Crippen molar-refractivity contribution in [3.63, 3.8) is 0 Å². The first-order valence-corrected chi connectivity index (χ1v) is 5.04. The van der Waals surface area contributed by atoms with E-state index in [1.807, 2.05) is 0 Å². The fraction of sp³-hybridized carbons (Fsp3) is 1.00. The van der Waals surface area contributed by atoms with E-state index in [2.05, 4.69) is 6.92 Å². The molecule has 66 valence electrons. The summed E-state index contributed by atoms with van der Waals surface area (Å²) in [4.78, 5) is 0. The Labute approximate surface area is 74.1 Å². The lowest BCUT2D eigenvalue weighted by molar-refractivity contribution is 0.103. The molecule has 0 aromatic carbocycles. The van der Waals surface area contributed by atoms with E-state index in [4.69, 9.17) is 16.3 Å². The lowest BCUT2D eigenvalue weighted by Crippen LogP contribution is -2.15. The van der Waals surface area contributed by atoms with Crippen LogP contribution in [0.1, 0.15) is 39.0 Å². The molecule has 1 aliphatic heterocycles. The number of hydrogen-bond acceptors (Lipinski definition) is 1. The molecule has 0 saturated carbocycles. The molecule has 2 atom stereocenters. The molecule has 0 aliphatic carbocycles. The number of unbranched alkanes of at least 4 members (excludes halogenated alkanes) is 2. The van der Waals surface area contributed by atoms with Crippen molar-refractivity contribution in [1.82, 2.24) is 0 Å². The second kappa shape index (κ2) is 5.00. The van der Waals surface area contributed by atoms with E-state index in [0.717, 1.165) is 19.4 Å². The van der Waals surface area contributed by atoms with Crippen LogP contribution in [0.3, 0.4) is 0 Å². The van der Waals surface area contributed by atoms with E-state index in [1.165, 1.54) is 19.3 Å². The summed E-state index contributed by atoms with van der Waals surface area (Å²) < 4.78 is 5.48. The molecule has 2 unspecified atom stereocenters. The molecule has 0 amide bonds. The van der Waals surface area contributed by atoms with Gasteiger partial charge >= 0.3 is 0 Å². The average molecular weight is 177 g/mol. The average Bonchev–Trinajstić information content (AvgIpc) is 2.37. The SMILES string of the molecule is CCCCCC1OCCC1Cl. The monoisotopic (exact) mass is 176 g/mol. The Kier molecular flexibility index (Phi) is 4.24. The Hall–Kier alpha value is 0.250. The summed E-state index contributed by atoms with van der Waals surface area (Å²) in [6, 6.07) is 0. The molecule has 0 spiro atoms. The zero-order valence-electron chi connectivity index (χ0n) is 7.18. The van der Waals surface area contributed by atoms with Crippen molar-refractivity contribution < 1.29 is 4.74 Å². The van der Waals surface area contributed by atoms with Gasteiger partial charge in [-0.15, -0.1) is 11.6 Å². The maximum atomic E-state index is 6.03. The number of halogens is 1. The zero-order valence-corrected chi connectivity index (χ0v) is 7.94. The molecule has 1 saturated heterocycles. The van der Waals surface area contributed by atoms with Gasteiger partial charge in [0.25, 0.3) is 0 Å². The van der Waals surface area contributed by atoms with Gasteiger partial charge in [-0.25, -0.2) is 0 Å². The maximum Gasteiger partial charge on any atom is 0.0739 e. The minimum atomic E-state index is 0.284. The molecule has 0 bridgehead atoms. The first kappa shape index (κ1) is 9.34. The van der Waals surface area contributed by atoms with E-state index in [0.29, 0.717) is 6.10 Å². The minimum Gasteiger partial charge on any atom is -0.377 e. The summed E-state index contributed by atoms with van der Waals surface area (Å²) in [5.74, 6) is 0. The van der Waals surface area contributed by atoms with Crippen LogP contribution in [0, 0.1) is 0 Å². The van der Waals surface area contributed by atoms with Crippen LogP contribution >= 0.6 is 11.6 Å². The number of ether oxygens (including phenoxy) is 1. The van der Waals surface area contributed by atoms with Crippen molar-refractivity contribution in [2.75, 3.05) is 6.61 Å². The number of hydrogen-bond donors (Lipinski definition) is 0. The van der Waals surface area contributed by atoms with Crippen LogP contribution in [-0.2, 0) is 4.74 Å². The fourth-order valence-corrected chi connectivity index (χ4v) is 1.77. The van der Waals surface area contributed by atoms with Crippen LogP contribution < -0.4 is 0 Å². The molecule has 0 aromatic heterocycles. The Morgan fingerprint density at radius 2 is 2.27 bits per heavy atom. The molecule has 1 rings (SSSR count). The zero-order chi connectivity index (χ0) is 8.10. The highest BCUT2D eigenvalue weighted by atomic mass is 35.5. The van der Waals surface area contributed by atoms with Gasteiger partial charge in [0.15, 0.2) is 0 Å².